The molecule has 1 aliphatic rings. The number of carbonyl (C=O) groups is 2. The van der Waals surface area contributed by atoms with E-state index in [9.17, 15) is 14.7 Å². The van der Waals surface area contributed by atoms with E-state index < -0.39 is 17.6 Å². The van der Waals surface area contributed by atoms with Gasteiger partial charge in [0.25, 0.3) is 0 Å². The number of carboxylic acid groups (broad SMARTS) is 1. The topological polar surface area (TPSA) is 78.4 Å². The minimum absolute atomic E-state index is 0.226. The van der Waals surface area contributed by atoms with Crippen molar-refractivity contribution in [1.29, 1.82) is 0 Å². The van der Waals surface area contributed by atoms with Gasteiger partial charge in [0.2, 0.25) is 5.91 Å². The summed E-state index contributed by atoms with van der Waals surface area (Å²) in [4.78, 5) is 25.5. The van der Waals surface area contributed by atoms with Crippen molar-refractivity contribution in [2.24, 2.45) is 0 Å². The van der Waals surface area contributed by atoms with Crippen molar-refractivity contribution in [3.05, 3.63) is 99.5 Å². The number of hydrogen-bond donors (Lipinski definition) is 3. The number of fused-ring (bicyclic) bond motifs is 1. The highest BCUT2D eigenvalue weighted by Crippen LogP contribution is 2.40. The first-order valence-corrected chi connectivity index (χ1v) is 10.5. The monoisotopic (exact) mass is 454 g/mol. The molecule has 158 valence electrons. The van der Waals surface area contributed by atoms with Gasteiger partial charge in [-0.25, -0.2) is 0 Å². The molecule has 7 heteroatoms. The van der Waals surface area contributed by atoms with Gasteiger partial charge in [0.1, 0.15) is 11.6 Å². The van der Waals surface area contributed by atoms with Crippen LogP contribution in [0.25, 0.3) is 0 Å². The lowest BCUT2D eigenvalue weighted by Gasteiger charge is -2.32. The number of amides is 1. The van der Waals surface area contributed by atoms with Crippen LogP contribution in [0.3, 0.4) is 0 Å². The van der Waals surface area contributed by atoms with E-state index in [4.69, 9.17) is 23.2 Å². The predicted molar refractivity (Wildman–Crippen MR) is 122 cm³/mol. The number of benzene rings is 3. The highest BCUT2D eigenvalue weighted by atomic mass is 35.5. The lowest BCUT2D eigenvalue weighted by molar-refractivity contribution is -0.140. The minimum Gasteiger partial charge on any atom is -0.480 e. The summed E-state index contributed by atoms with van der Waals surface area (Å²) >= 11 is 12.3. The number of anilines is 1. The number of rotatable bonds is 7. The summed E-state index contributed by atoms with van der Waals surface area (Å²) in [5.74, 6) is -1.37. The Morgan fingerprint density at radius 2 is 1.68 bits per heavy atom. The molecular formula is C24H20Cl2N2O3. The van der Waals surface area contributed by atoms with Crippen LogP contribution in [0.2, 0.25) is 10.0 Å². The molecule has 0 saturated heterocycles. The molecule has 0 bridgehead atoms. The maximum Gasteiger partial charge on any atom is 0.321 e. The molecule has 4 rings (SSSR count). The van der Waals surface area contributed by atoms with E-state index in [1.165, 1.54) is 0 Å². The molecule has 1 aliphatic heterocycles. The SMILES string of the molecule is O=C(O)[C@H](Cc1ccccc1)NC1(Cc2cccc(Cl)c2)C(=O)Nc2cc(Cl)ccc21. The third kappa shape index (κ3) is 4.44. The van der Waals surface area contributed by atoms with Crippen molar-refractivity contribution in [3.8, 4) is 0 Å². The zero-order valence-electron chi connectivity index (χ0n) is 16.4. The first-order chi connectivity index (χ1) is 14.9. The molecule has 3 aromatic rings. The Balaban J connectivity index is 1.77. The Bertz CT molecular complexity index is 1140. The predicted octanol–water partition coefficient (Wildman–Crippen LogP) is 4.67. The molecule has 0 aromatic heterocycles. The van der Waals surface area contributed by atoms with Gasteiger partial charge in [-0.05, 0) is 41.8 Å². The van der Waals surface area contributed by atoms with Crippen LogP contribution < -0.4 is 10.6 Å². The standard InChI is InChI=1S/C24H20Cl2N2O3/c25-17-8-4-7-16(11-17)14-24(19-10-9-18(26)13-20(19)27-23(24)31)28-21(22(29)30)12-15-5-2-1-3-6-15/h1-11,13,21,28H,12,14H2,(H,27,31)(H,29,30)/t21-,24?/m0/s1. The van der Waals surface area contributed by atoms with Crippen LogP contribution in [0.4, 0.5) is 5.69 Å². The van der Waals surface area contributed by atoms with Crippen LogP contribution in [0, 0.1) is 0 Å². The van der Waals surface area contributed by atoms with Crippen molar-refractivity contribution >= 4 is 40.8 Å². The highest BCUT2D eigenvalue weighted by Gasteiger charge is 2.49. The zero-order valence-corrected chi connectivity index (χ0v) is 18.0. The molecule has 0 saturated carbocycles. The third-order valence-electron chi connectivity index (χ3n) is 5.44. The molecule has 0 spiro atoms. The normalized spacial score (nSPS) is 18.3. The van der Waals surface area contributed by atoms with E-state index in [1.54, 1.807) is 36.4 Å². The van der Waals surface area contributed by atoms with Gasteiger partial charge in [-0.15, -0.1) is 0 Å². The van der Waals surface area contributed by atoms with E-state index in [0.717, 1.165) is 11.1 Å². The maximum absolute atomic E-state index is 13.3. The Hall–Kier alpha value is -2.86. The zero-order chi connectivity index (χ0) is 22.0. The second-order valence-electron chi connectivity index (χ2n) is 7.58. The van der Waals surface area contributed by atoms with Gasteiger partial charge in [0, 0.05) is 27.7 Å². The lowest BCUT2D eigenvalue weighted by Crippen LogP contribution is -2.56. The van der Waals surface area contributed by atoms with Crippen molar-refractivity contribution in [2.75, 3.05) is 5.32 Å². The minimum atomic E-state index is -1.29. The van der Waals surface area contributed by atoms with Gasteiger partial charge in [0.15, 0.2) is 0 Å². The van der Waals surface area contributed by atoms with Crippen LogP contribution in [0.1, 0.15) is 16.7 Å². The molecular weight excluding hydrogens is 435 g/mol. The summed E-state index contributed by atoms with van der Waals surface area (Å²) in [6, 6.07) is 20.6. The molecule has 31 heavy (non-hydrogen) atoms. The van der Waals surface area contributed by atoms with Gasteiger partial charge >= 0.3 is 5.97 Å². The van der Waals surface area contributed by atoms with Gasteiger partial charge in [-0.1, -0.05) is 71.7 Å². The van der Waals surface area contributed by atoms with Gasteiger partial charge in [-0.3, -0.25) is 14.9 Å². The van der Waals surface area contributed by atoms with Crippen LogP contribution in [0.5, 0.6) is 0 Å². The first-order valence-electron chi connectivity index (χ1n) is 9.78. The number of halogens is 2. The third-order valence-corrected chi connectivity index (χ3v) is 5.91. The van der Waals surface area contributed by atoms with Crippen LogP contribution in [-0.2, 0) is 28.0 Å². The molecule has 5 nitrogen and oxygen atoms in total. The fourth-order valence-corrected chi connectivity index (χ4v) is 4.40. The summed E-state index contributed by atoms with van der Waals surface area (Å²) in [5.41, 5.74) is 1.59. The Kier molecular flexibility index (Phi) is 6.01. The number of nitrogens with one attached hydrogen (secondary N) is 2. The van der Waals surface area contributed by atoms with E-state index in [-0.39, 0.29) is 18.7 Å². The summed E-state index contributed by atoms with van der Waals surface area (Å²) in [7, 11) is 0. The Morgan fingerprint density at radius 3 is 2.39 bits per heavy atom. The molecule has 0 aliphatic carbocycles. The van der Waals surface area contributed by atoms with Gasteiger partial charge in [0.05, 0.1) is 0 Å². The smallest absolute Gasteiger partial charge is 0.321 e. The lowest BCUT2D eigenvalue weighted by atomic mass is 9.83. The molecule has 1 amide bonds. The van der Waals surface area contributed by atoms with Crippen molar-refractivity contribution in [1.82, 2.24) is 5.32 Å². The summed E-state index contributed by atoms with van der Waals surface area (Å²) in [6.45, 7) is 0. The molecule has 0 fully saturated rings. The molecule has 2 atom stereocenters. The van der Waals surface area contributed by atoms with E-state index >= 15 is 0 Å². The Morgan fingerprint density at radius 1 is 0.968 bits per heavy atom. The average Bonchev–Trinajstić information content (AvgIpc) is 2.98. The largest absolute Gasteiger partial charge is 0.480 e. The summed E-state index contributed by atoms with van der Waals surface area (Å²) in [6.07, 6.45) is 0.455. The fourth-order valence-electron chi connectivity index (χ4n) is 4.01. The Labute approximate surface area is 190 Å². The summed E-state index contributed by atoms with van der Waals surface area (Å²) < 4.78 is 0. The van der Waals surface area contributed by atoms with E-state index in [2.05, 4.69) is 10.6 Å². The fraction of sp³-hybridized carbons (Fsp3) is 0.167. The van der Waals surface area contributed by atoms with Crippen LogP contribution in [0.15, 0.2) is 72.8 Å². The maximum atomic E-state index is 13.3. The van der Waals surface area contributed by atoms with Gasteiger partial charge in [-0.2, -0.15) is 0 Å². The van der Waals surface area contributed by atoms with Crippen LogP contribution >= 0.6 is 23.2 Å². The molecule has 1 unspecified atom stereocenters. The van der Waals surface area contributed by atoms with Gasteiger partial charge < -0.3 is 10.4 Å². The molecule has 3 N–H and O–H groups in total. The first kappa shape index (κ1) is 21.4. The second kappa shape index (κ2) is 8.71. The number of aliphatic carboxylic acids is 1. The van der Waals surface area contributed by atoms with Crippen molar-refractivity contribution < 1.29 is 14.7 Å². The van der Waals surface area contributed by atoms with Crippen LogP contribution in [-0.4, -0.2) is 23.0 Å². The van der Waals surface area contributed by atoms with E-state index in [0.29, 0.717) is 21.3 Å². The molecule has 1 heterocycles. The quantitative estimate of drug-likeness (QED) is 0.484. The average molecular weight is 455 g/mol. The van der Waals surface area contributed by atoms with Crippen molar-refractivity contribution in [3.63, 3.8) is 0 Å². The van der Waals surface area contributed by atoms with Crippen molar-refractivity contribution in [2.45, 2.75) is 24.4 Å². The molecule has 0 radical (unpaired) electrons. The second-order valence-corrected chi connectivity index (χ2v) is 8.45. The number of hydrogen-bond acceptors (Lipinski definition) is 3. The number of carbonyl (C=O) groups excluding carboxylic acids is 1. The highest BCUT2D eigenvalue weighted by molar-refractivity contribution is 6.31. The molecule has 3 aromatic carbocycles. The van der Waals surface area contributed by atoms with E-state index in [1.807, 2.05) is 36.4 Å². The summed E-state index contributed by atoms with van der Waals surface area (Å²) in [5, 5.41) is 17.0. The number of carboxylic acids is 1.